The third kappa shape index (κ3) is 3.27. The highest BCUT2D eigenvalue weighted by atomic mass is 14.9. The van der Waals surface area contributed by atoms with Crippen LogP contribution in [0, 0.1) is 12.8 Å². The van der Waals surface area contributed by atoms with Gasteiger partial charge in [-0.2, -0.15) is 0 Å². The third-order valence-corrected chi connectivity index (χ3v) is 3.08. The van der Waals surface area contributed by atoms with Gasteiger partial charge >= 0.3 is 0 Å². The largest absolute Gasteiger partial charge is 0.313 e. The van der Waals surface area contributed by atoms with Crippen LogP contribution >= 0.6 is 0 Å². The maximum atomic E-state index is 4.39. The van der Waals surface area contributed by atoms with E-state index < -0.39 is 0 Å². The Kier molecular flexibility index (Phi) is 3.88. The predicted octanol–water partition coefficient (Wildman–Crippen LogP) is 2.11. The molecule has 1 unspecified atom stereocenters. The Morgan fingerprint density at radius 2 is 2.06 bits per heavy atom. The van der Waals surface area contributed by atoms with Crippen molar-refractivity contribution in [3.63, 3.8) is 0 Å². The van der Waals surface area contributed by atoms with Gasteiger partial charge in [-0.05, 0) is 44.2 Å². The average molecular weight is 219 g/mol. The average Bonchev–Trinajstić information content (AvgIpc) is 3.11. The molecule has 2 rings (SSSR count). The molecular formula is C13H21N3. The molecule has 88 valence electrons. The third-order valence-electron chi connectivity index (χ3n) is 3.08. The highest BCUT2D eigenvalue weighted by Gasteiger charge is 2.31. The van der Waals surface area contributed by atoms with E-state index >= 15 is 0 Å². The normalized spacial score (nSPS) is 17.4. The topological polar surface area (TPSA) is 37.8 Å². The quantitative estimate of drug-likeness (QED) is 0.796. The number of aryl methyl sites for hydroxylation is 1. The standard InChI is InChI=1S/C13H21N3/c1-3-6-14-12(11-4-5-11)7-13-15-8-10(2)9-16-13/h8-9,11-12,14H,3-7H2,1-2H3. The van der Waals surface area contributed by atoms with E-state index in [1.165, 1.54) is 19.3 Å². The molecule has 1 atom stereocenters. The van der Waals surface area contributed by atoms with Gasteiger partial charge in [0.2, 0.25) is 0 Å². The van der Waals surface area contributed by atoms with E-state index in [0.717, 1.165) is 30.3 Å². The van der Waals surface area contributed by atoms with Gasteiger partial charge in [0, 0.05) is 24.9 Å². The fourth-order valence-electron chi connectivity index (χ4n) is 1.96. The smallest absolute Gasteiger partial charge is 0.129 e. The zero-order chi connectivity index (χ0) is 11.4. The highest BCUT2D eigenvalue weighted by Crippen LogP contribution is 2.33. The van der Waals surface area contributed by atoms with Crippen LogP contribution < -0.4 is 5.32 Å². The zero-order valence-electron chi connectivity index (χ0n) is 10.2. The van der Waals surface area contributed by atoms with Gasteiger partial charge in [0.05, 0.1) is 0 Å². The molecule has 1 aliphatic rings. The lowest BCUT2D eigenvalue weighted by molar-refractivity contribution is 0.452. The van der Waals surface area contributed by atoms with Gasteiger partial charge in [0.1, 0.15) is 5.82 Å². The summed E-state index contributed by atoms with van der Waals surface area (Å²) in [6.07, 6.45) is 8.72. The number of hydrogen-bond donors (Lipinski definition) is 1. The van der Waals surface area contributed by atoms with Crippen molar-refractivity contribution in [3.8, 4) is 0 Å². The summed E-state index contributed by atoms with van der Waals surface area (Å²) in [6, 6.07) is 0.586. The van der Waals surface area contributed by atoms with Crippen LogP contribution in [0.2, 0.25) is 0 Å². The van der Waals surface area contributed by atoms with Crippen molar-refractivity contribution in [1.29, 1.82) is 0 Å². The Labute approximate surface area is 97.7 Å². The molecular weight excluding hydrogens is 198 g/mol. The zero-order valence-corrected chi connectivity index (χ0v) is 10.2. The Morgan fingerprint density at radius 1 is 1.38 bits per heavy atom. The minimum atomic E-state index is 0.586. The lowest BCUT2D eigenvalue weighted by Crippen LogP contribution is -2.34. The van der Waals surface area contributed by atoms with Gasteiger partial charge in [0.25, 0.3) is 0 Å². The molecule has 1 aromatic heterocycles. The molecule has 1 fully saturated rings. The van der Waals surface area contributed by atoms with Crippen LogP contribution in [0.4, 0.5) is 0 Å². The summed E-state index contributed by atoms with van der Waals surface area (Å²) in [6.45, 7) is 5.34. The van der Waals surface area contributed by atoms with Crippen molar-refractivity contribution in [2.24, 2.45) is 5.92 Å². The molecule has 0 saturated heterocycles. The fraction of sp³-hybridized carbons (Fsp3) is 0.692. The Bertz CT molecular complexity index is 316. The van der Waals surface area contributed by atoms with Crippen LogP contribution in [0.1, 0.15) is 37.6 Å². The van der Waals surface area contributed by atoms with Gasteiger partial charge in [-0.15, -0.1) is 0 Å². The predicted molar refractivity (Wildman–Crippen MR) is 65.3 cm³/mol. The highest BCUT2D eigenvalue weighted by molar-refractivity contribution is 5.04. The number of rotatable bonds is 6. The SMILES string of the molecule is CCCNC(Cc1ncc(C)cn1)C1CC1. The van der Waals surface area contributed by atoms with E-state index in [2.05, 4.69) is 22.2 Å². The molecule has 1 saturated carbocycles. The van der Waals surface area contributed by atoms with Crippen LogP contribution in [0.25, 0.3) is 0 Å². The summed E-state index contributed by atoms with van der Waals surface area (Å²) < 4.78 is 0. The summed E-state index contributed by atoms with van der Waals surface area (Å²) in [7, 11) is 0. The van der Waals surface area contributed by atoms with E-state index in [1.807, 2.05) is 19.3 Å². The Balaban J connectivity index is 1.91. The van der Waals surface area contributed by atoms with Gasteiger partial charge in [0.15, 0.2) is 0 Å². The maximum absolute atomic E-state index is 4.39. The number of aromatic nitrogens is 2. The van der Waals surface area contributed by atoms with Crippen LogP contribution in [0.5, 0.6) is 0 Å². The Morgan fingerprint density at radius 3 is 2.62 bits per heavy atom. The molecule has 16 heavy (non-hydrogen) atoms. The first-order chi connectivity index (χ1) is 7.79. The lowest BCUT2D eigenvalue weighted by atomic mass is 10.1. The minimum absolute atomic E-state index is 0.586. The number of nitrogens with one attached hydrogen (secondary N) is 1. The van der Waals surface area contributed by atoms with Crippen molar-refractivity contribution >= 4 is 0 Å². The summed E-state index contributed by atoms with van der Waals surface area (Å²) in [4.78, 5) is 8.77. The van der Waals surface area contributed by atoms with Crippen molar-refractivity contribution in [1.82, 2.24) is 15.3 Å². The van der Waals surface area contributed by atoms with Crippen LogP contribution in [0.15, 0.2) is 12.4 Å². The van der Waals surface area contributed by atoms with Crippen LogP contribution in [0.3, 0.4) is 0 Å². The van der Waals surface area contributed by atoms with E-state index in [1.54, 1.807) is 0 Å². The monoisotopic (exact) mass is 219 g/mol. The van der Waals surface area contributed by atoms with Gasteiger partial charge in [-0.1, -0.05) is 6.92 Å². The lowest BCUT2D eigenvalue weighted by Gasteiger charge is -2.16. The second-order valence-corrected chi connectivity index (χ2v) is 4.78. The van der Waals surface area contributed by atoms with Gasteiger partial charge in [-0.25, -0.2) is 9.97 Å². The first kappa shape index (κ1) is 11.5. The summed E-state index contributed by atoms with van der Waals surface area (Å²) in [5.74, 6) is 1.84. The second-order valence-electron chi connectivity index (χ2n) is 4.78. The van der Waals surface area contributed by atoms with E-state index in [4.69, 9.17) is 0 Å². The number of nitrogens with zero attached hydrogens (tertiary/aromatic N) is 2. The summed E-state index contributed by atoms with van der Waals surface area (Å²) >= 11 is 0. The molecule has 1 aliphatic carbocycles. The molecule has 3 nitrogen and oxygen atoms in total. The molecule has 3 heteroatoms. The maximum Gasteiger partial charge on any atom is 0.129 e. The van der Waals surface area contributed by atoms with Crippen molar-refractivity contribution in [2.75, 3.05) is 6.54 Å². The molecule has 0 bridgehead atoms. The fourth-order valence-corrected chi connectivity index (χ4v) is 1.96. The van der Waals surface area contributed by atoms with E-state index in [0.29, 0.717) is 6.04 Å². The molecule has 0 amide bonds. The first-order valence-corrected chi connectivity index (χ1v) is 6.30. The summed E-state index contributed by atoms with van der Waals surface area (Å²) in [5, 5.41) is 3.61. The number of hydrogen-bond acceptors (Lipinski definition) is 3. The van der Waals surface area contributed by atoms with Crippen molar-refractivity contribution < 1.29 is 0 Å². The van der Waals surface area contributed by atoms with Gasteiger partial charge < -0.3 is 5.32 Å². The first-order valence-electron chi connectivity index (χ1n) is 6.30. The molecule has 0 aliphatic heterocycles. The van der Waals surface area contributed by atoms with Crippen LogP contribution in [-0.4, -0.2) is 22.6 Å². The second kappa shape index (κ2) is 5.39. The molecule has 0 aromatic carbocycles. The molecule has 1 N–H and O–H groups in total. The minimum Gasteiger partial charge on any atom is -0.313 e. The van der Waals surface area contributed by atoms with Crippen molar-refractivity contribution in [2.45, 2.75) is 45.6 Å². The molecule has 1 heterocycles. The molecule has 1 aromatic rings. The molecule has 0 spiro atoms. The molecule has 0 radical (unpaired) electrons. The Hall–Kier alpha value is -0.960. The van der Waals surface area contributed by atoms with Gasteiger partial charge in [-0.3, -0.25) is 0 Å². The van der Waals surface area contributed by atoms with Crippen molar-refractivity contribution in [3.05, 3.63) is 23.8 Å². The van der Waals surface area contributed by atoms with Crippen LogP contribution in [-0.2, 0) is 6.42 Å². The van der Waals surface area contributed by atoms with E-state index in [-0.39, 0.29) is 0 Å². The summed E-state index contributed by atoms with van der Waals surface area (Å²) in [5.41, 5.74) is 1.13. The van der Waals surface area contributed by atoms with E-state index in [9.17, 15) is 0 Å².